The minimum absolute atomic E-state index is 0.743. The molecule has 1 aromatic rings. The van der Waals surface area contributed by atoms with Gasteiger partial charge in [-0.2, -0.15) is 5.26 Å². The van der Waals surface area contributed by atoms with Crippen molar-refractivity contribution >= 4 is 0 Å². The molecule has 0 amide bonds. The molecular weight excluding hydrogens is 220 g/mol. The summed E-state index contributed by atoms with van der Waals surface area (Å²) >= 11 is 0. The van der Waals surface area contributed by atoms with Gasteiger partial charge in [-0.05, 0) is 62.4 Å². The minimum atomic E-state index is 0.743. The number of hydrogen-bond acceptors (Lipinski definition) is 2. The van der Waals surface area contributed by atoms with Crippen LogP contribution in [0.15, 0.2) is 29.8 Å². The van der Waals surface area contributed by atoms with Crippen LogP contribution in [0.4, 0.5) is 0 Å². The summed E-state index contributed by atoms with van der Waals surface area (Å²) in [5.74, 6) is 0. The molecule has 2 rings (SSSR count). The lowest BCUT2D eigenvalue weighted by molar-refractivity contribution is 0.674. The summed E-state index contributed by atoms with van der Waals surface area (Å²) in [6, 6.07) is 8.07. The molecule has 0 saturated heterocycles. The molecule has 94 valence electrons. The standard InChI is InChI=1S/C16H20N2/c1-13-10-15(11-17)6-7-16(13)12-18-9-8-14-4-2-3-5-14/h4,6-7,10,18H,2-3,5,8-9,12H2,1H3. The molecule has 2 nitrogen and oxygen atoms in total. The normalized spacial score (nSPS) is 14.3. The van der Waals surface area contributed by atoms with Crippen LogP contribution in [0, 0.1) is 18.3 Å². The second-order valence-electron chi connectivity index (χ2n) is 4.93. The Morgan fingerprint density at radius 2 is 2.28 bits per heavy atom. The molecule has 1 aromatic carbocycles. The highest BCUT2D eigenvalue weighted by Gasteiger charge is 2.04. The minimum Gasteiger partial charge on any atom is -0.312 e. The van der Waals surface area contributed by atoms with Crippen molar-refractivity contribution in [2.75, 3.05) is 6.54 Å². The maximum atomic E-state index is 8.82. The molecule has 0 bridgehead atoms. The first-order valence-electron chi connectivity index (χ1n) is 6.68. The Bertz CT molecular complexity index is 480. The Morgan fingerprint density at radius 3 is 2.94 bits per heavy atom. The smallest absolute Gasteiger partial charge is 0.0991 e. The predicted molar refractivity (Wildman–Crippen MR) is 74.2 cm³/mol. The van der Waals surface area contributed by atoms with E-state index in [-0.39, 0.29) is 0 Å². The summed E-state index contributed by atoms with van der Waals surface area (Å²) < 4.78 is 0. The Labute approximate surface area is 109 Å². The van der Waals surface area contributed by atoms with E-state index < -0.39 is 0 Å². The van der Waals surface area contributed by atoms with Crippen molar-refractivity contribution in [2.45, 2.75) is 39.2 Å². The molecule has 0 radical (unpaired) electrons. The van der Waals surface area contributed by atoms with Crippen molar-refractivity contribution in [3.63, 3.8) is 0 Å². The van der Waals surface area contributed by atoms with E-state index in [9.17, 15) is 0 Å². The summed E-state index contributed by atoms with van der Waals surface area (Å²) in [7, 11) is 0. The summed E-state index contributed by atoms with van der Waals surface area (Å²) in [5.41, 5.74) is 4.84. The molecule has 0 heterocycles. The maximum absolute atomic E-state index is 8.82. The average Bonchev–Trinajstić information content (AvgIpc) is 2.89. The van der Waals surface area contributed by atoms with Gasteiger partial charge in [0.25, 0.3) is 0 Å². The predicted octanol–water partition coefficient (Wildman–Crippen LogP) is 3.46. The number of nitriles is 1. The molecule has 2 heteroatoms. The van der Waals surface area contributed by atoms with Crippen LogP contribution < -0.4 is 5.32 Å². The molecule has 1 aliphatic carbocycles. The second-order valence-corrected chi connectivity index (χ2v) is 4.93. The fourth-order valence-corrected chi connectivity index (χ4v) is 2.40. The highest BCUT2D eigenvalue weighted by Crippen LogP contribution is 2.19. The molecule has 1 N–H and O–H groups in total. The van der Waals surface area contributed by atoms with Crippen LogP contribution in [0.25, 0.3) is 0 Å². The van der Waals surface area contributed by atoms with Crippen LogP contribution in [-0.2, 0) is 6.54 Å². The topological polar surface area (TPSA) is 35.8 Å². The van der Waals surface area contributed by atoms with E-state index in [0.29, 0.717) is 0 Å². The van der Waals surface area contributed by atoms with Gasteiger partial charge in [-0.15, -0.1) is 0 Å². The number of nitrogens with zero attached hydrogens (tertiary/aromatic N) is 1. The first-order chi connectivity index (χ1) is 8.79. The van der Waals surface area contributed by atoms with Gasteiger partial charge in [0.05, 0.1) is 11.6 Å². The molecule has 1 aliphatic rings. The maximum Gasteiger partial charge on any atom is 0.0991 e. The number of rotatable bonds is 5. The van der Waals surface area contributed by atoms with E-state index in [1.54, 1.807) is 5.57 Å². The largest absolute Gasteiger partial charge is 0.312 e. The van der Waals surface area contributed by atoms with Crippen LogP contribution in [-0.4, -0.2) is 6.54 Å². The molecule has 0 spiro atoms. The number of hydrogen-bond donors (Lipinski definition) is 1. The summed E-state index contributed by atoms with van der Waals surface area (Å²) in [6.07, 6.45) is 7.45. The van der Waals surface area contributed by atoms with Gasteiger partial charge >= 0.3 is 0 Å². The number of aryl methyl sites for hydroxylation is 1. The summed E-state index contributed by atoms with van der Waals surface area (Å²) in [4.78, 5) is 0. The third-order valence-electron chi connectivity index (χ3n) is 3.55. The van der Waals surface area contributed by atoms with Gasteiger partial charge in [-0.3, -0.25) is 0 Å². The number of nitrogens with one attached hydrogen (secondary N) is 1. The Hall–Kier alpha value is -1.59. The van der Waals surface area contributed by atoms with Gasteiger partial charge in [0.2, 0.25) is 0 Å². The van der Waals surface area contributed by atoms with E-state index in [2.05, 4.69) is 30.5 Å². The monoisotopic (exact) mass is 240 g/mol. The molecule has 0 unspecified atom stereocenters. The quantitative estimate of drug-likeness (QED) is 0.632. The van der Waals surface area contributed by atoms with Gasteiger partial charge in [-0.1, -0.05) is 17.7 Å². The van der Waals surface area contributed by atoms with Gasteiger partial charge in [0.15, 0.2) is 0 Å². The highest BCUT2D eigenvalue weighted by molar-refractivity contribution is 5.37. The SMILES string of the molecule is Cc1cc(C#N)ccc1CNCCC1=CCCC1. The third kappa shape index (κ3) is 3.45. The first-order valence-corrected chi connectivity index (χ1v) is 6.68. The lowest BCUT2D eigenvalue weighted by Gasteiger charge is -2.08. The number of allylic oxidation sites excluding steroid dienone is 1. The lowest BCUT2D eigenvalue weighted by Crippen LogP contribution is -2.15. The fourth-order valence-electron chi connectivity index (χ4n) is 2.40. The fraction of sp³-hybridized carbons (Fsp3) is 0.438. The van der Waals surface area contributed by atoms with Crippen LogP contribution in [0.3, 0.4) is 0 Å². The molecule has 0 aliphatic heterocycles. The van der Waals surface area contributed by atoms with Gasteiger partial charge in [-0.25, -0.2) is 0 Å². The van der Waals surface area contributed by atoms with Crippen LogP contribution >= 0.6 is 0 Å². The molecule has 0 atom stereocenters. The van der Waals surface area contributed by atoms with E-state index in [0.717, 1.165) is 18.7 Å². The lowest BCUT2D eigenvalue weighted by atomic mass is 10.1. The third-order valence-corrected chi connectivity index (χ3v) is 3.55. The van der Waals surface area contributed by atoms with E-state index >= 15 is 0 Å². The molecule has 18 heavy (non-hydrogen) atoms. The zero-order valence-electron chi connectivity index (χ0n) is 11.0. The van der Waals surface area contributed by atoms with Crippen molar-refractivity contribution in [1.82, 2.24) is 5.32 Å². The van der Waals surface area contributed by atoms with E-state index in [1.807, 2.05) is 12.1 Å². The van der Waals surface area contributed by atoms with Crippen molar-refractivity contribution in [1.29, 1.82) is 5.26 Å². The van der Waals surface area contributed by atoms with Crippen LogP contribution in [0.1, 0.15) is 42.4 Å². The Morgan fingerprint density at radius 1 is 1.39 bits per heavy atom. The molecule has 0 aromatic heterocycles. The van der Waals surface area contributed by atoms with E-state index in [1.165, 1.54) is 36.8 Å². The molecular formula is C16H20N2. The Kier molecular flexibility index (Phi) is 4.55. The average molecular weight is 240 g/mol. The van der Waals surface area contributed by atoms with Crippen LogP contribution in [0.2, 0.25) is 0 Å². The van der Waals surface area contributed by atoms with Crippen LogP contribution in [0.5, 0.6) is 0 Å². The second kappa shape index (κ2) is 6.37. The van der Waals surface area contributed by atoms with Crippen molar-refractivity contribution in [3.05, 3.63) is 46.5 Å². The van der Waals surface area contributed by atoms with Gasteiger partial charge in [0.1, 0.15) is 0 Å². The van der Waals surface area contributed by atoms with E-state index in [4.69, 9.17) is 5.26 Å². The van der Waals surface area contributed by atoms with Crippen molar-refractivity contribution in [2.24, 2.45) is 0 Å². The zero-order chi connectivity index (χ0) is 12.8. The molecule has 0 saturated carbocycles. The summed E-state index contributed by atoms with van der Waals surface area (Å²) in [6.45, 7) is 4.01. The highest BCUT2D eigenvalue weighted by atomic mass is 14.8. The Balaban J connectivity index is 1.78. The summed E-state index contributed by atoms with van der Waals surface area (Å²) in [5, 5.41) is 12.3. The van der Waals surface area contributed by atoms with Crippen molar-refractivity contribution in [3.8, 4) is 6.07 Å². The first kappa shape index (κ1) is 12.9. The van der Waals surface area contributed by atoms with Gasteiger partial charge < -0.3 is 5.32 Å². The van der Waals surface area contributed by atoms with Gasteiger partial charge in [0, 0.05) is 6.54 Å². The molecule has 0 fully saturated rings. The van der Waals surface area contributed by atoms with Crippen molar-refractivity contribution < 1.29 is 0 Å². The zero-order valence-corrected chi connectivity index (χ0v) is 11.0. The number of benzene rings is 1.